The predicted molar refractivity (Wildman–Crippen MR) is 82.7 cm³/mol. The summed E-state index contributed by atoms with van der Waals surface area (Å²) in [5.74, 6) is -10.0. The Morgan fingerprint density at radius 3 is 1.84 bits per heavy atom. The van der Waals surface area contributed by atoms with Crippen LogP contribution >= 0.6 is 0 Å². The minimum Gasteiger partial charge on any atom is -0.373 e. The number of halogens is 5. The third-order valence-electron chi connectivity index (χ3n) is 3.59. The number of hydrogen-bond donors (Lipinski definition) is 0. The number of rotatable bonds is 6. The fourth-order valence-electron chi connectivity index (χ4n) is 2.43. The van der Waals surface area contributed by atoms with Gasteiger partial charge in [-0.3, -0.25) is 0 Å². The number of hydrogen-bond acceptors (Lipinski definition) is 3. The molecule has 0 amide bonds. The van der Waals surface area contributed by atoms with Gasteiger partial charge in [0.1, 0.15) is 0 Å². The van der Waals surface area contributed by atoms with E-state index in [4.69, 9.17) is 13.3 Å². The van der Waals surface area contributed by atoms with Crippen LogP contribution in [0.5, 0.6) is 0 Å². The summed E-state index contributed by atoms with van der Waals surface area (Å²) in [6, 6.07) is 5.37. The molecule has 25 heavy (non-hydrogen) atoms. The summed E-state index contributed by atoms with van der Waals surface area (Å²) in [6.07, 6.45) is 0. The lowest BCUT2D eigenvalue weighted by atomic mass is 10.0. The summed E-state index contributed by atoms with van der Waals surface area (Å²) in [6.45, 7) is 1.94. The van der Waals surface area contributed by atoms with Crippen molar-refractivity contribution in [1.29, 1.82) is 0 Å². The molecule has 0 saturated carbocycles. The van der Waals surface area contributed by atoms with E-state index in [-0.39, 0.29) is 12.2 Å². The van der Waals surface area contributed by atoms with Crippen LogP contribution in [0.1, 0.15) is 6.92 Å². The molecule has 0 N–H and O–H groups in total. The van der Waals surface area contributed by atoms with Gasteiger partial charge in [-0.05, 0) is 18.6 Å². The van der Waals surface area contributed by atoms with Crippen molar-refractivity contribution >= 4 is 14.0 Å². The van der Waals surface area contributed by atoms with Gasteiger partial charge in [-0.15, -0.1) is 0 Å². The predicted octanol–water partition coefficient (Wildman–Crippen LogP) is 3.52. The molecule has 9 heteroatoms. The highest BCUT2D eigenvalue weighted by Crippen LogP contribution is 2.31. The molecule has 2 aromatic rings. The molecule has 0 atom stereocenters. The molecule has 2 aromatic carbocycles. The van der Waals surface area contributed by atoms with Crippen LogP contribution in [-0.4, -0.2) is 29.6 Å². The van der Waals surface area contributed by atoms with Gasteiger partial charge in [-0.2, -0.15) is 0 Å². The Bertz CT molecular complexity index is 752. The Morgan fingerprint density at radius 2 is 1.36 bits per heavy atom. The van der Waals surface area contributed by atoms with Crippen molar-refractivity contribution in [3.63, 3.8) is 0 Å². The van der Waals surface area contributed by atoms with Crippen LogP contribution in [0.25, 0.3) is 11.1 Å². The first-order valence-corrected chi connectivity index (χ1v) is 8.92. The second-order valence-electron chi connectivity index (χ2n) is 4.92. The van der Waals surface area contributed by atoms with Crippen molar-refractivity contribution in [3.05, 3.63) is 53.4 Å². The Balaban J connectivity index is 2.69. The summed E-state index contributed by atoms with van der Waals surface area (Å²) >= 11 is 0. The molecule has 0 aromatic heterocycles. The highest BCUT2D eigenvalue weighted by molar-refractivity contribution is 6.75. The Labute approximate surface area is 142 Å². The van der Waals surface area contributed by atoms with E-state index in [2.05, 4.69) is 0 Å². The molecule has 0 radical (unpaired) electrons. The Kier molecular flexibility index (Phi) is 5.94. The van der Waals surface area contributed by atoms with E-state index >= 15 is 0 Å². The molecule has 2 rings (SSSR count). The molecule has 0 aliphatic heterocycles. The van der Waals surface area contributed by atoms with Crippen molar-refractivity contribution in [2.24, 2.45) is 0 Å². The van der Waals surface area contributed by atoms with Crippen LogP contribution in [0.4, 0.5) is 22.0 Å². The lowest BCUT2D eigenvalue weighted by Gasteiger charge is -2.26. The highest BCUT2D eigenvalue weighted by Gasteiger charge is 2.42. The molecule has 0 heterocycles. The first-order valence-electron chi connectivity index (χ1n) is 7.19. The maximum Gasteiger partial charge on any atom is 0.536 e. The van der Waals surface area contributed by atoms with Crippen molar-refractivity contribution in [2.75, 3.05) is 20.8 Å². The van der Waals surface area contributed by atoms with Gasteiger partial charge >= 0.3 is 8.80 Å². The molecule has 0 aliphatic carbocycles. The third-order valence-corrected chi connectivity index (χ3v) is 6.35. The smallest absolute Gasteiger partial charge is 0.373 e. The molecule has 0 unspecified atom stereocenters. The molecule has 0 spiro atoms. The third kappa shape index (κ3) is 3.32. The van der Waals surface area contributed by atoms with Gasteiger partial charge in [0.15, 0.2) is 23.3 Å². The molecule has 0 fully saturated rings. The van der Waals surface area contributed by atoms with Crippen molar-refractivity contribution in [1.82, 2.24) is 0 Å². The Morgan fingerprint density at radius 1 is 0.840 bits per heavy atom. The fraction of sp³-hybridized carbons (Fsp3) is 0.250. The van der Waals surface area contributed by atoms with Gasteiger partial charge in [0.2, 0.25) is 5.82 Å². The quantitative estimate of drug-likeness (QED) is 0.333. The van der Waals surface area contributed by atoms with Crippen molar-refractivity contribution in [3.8, 4) is 11.1 Å². The molecule has 0 aliphatic rings. The van der Waals surface area contributed by atoms with Crippen molar-refractivity contribution < 1.29 is 35.2 Å². The van der Waals surface area contributed by atoms with E-state index in [9.17, 15) is 22.0 Å². The normalized spacial score (nSPS) is 11.8. The van der Waals surface area contributed by atoms with Crippen LogP contribution in [0.2, 0.25) is 0 Å². The highest BCUT2D eigenvalue weighted by atomic mass is 28.4. The SMILES string of the molecule is CCO[Si](OC)(OC)c1cccc(-c2c(F)c(F)c(F)c(F)c2F)c1. The van der Waals surface area contributed by atoms with E-state index in [0.717, 1.165) is 0 Å². The molecule has 0 saturated heterocycles. The molecule has 136 valence electrons. The Hall–Kier alpha value is -1.81. The minimum atomic E-state index is -3.36. The van der Waals surface area contributed by atoms with Crippen LogP contribution < -0.4 is 5.19 Å². The maximum atomic E-state index is 14.0. The van der Waals surface area contributed by atoms with Gasteiger partial charge in [-0.25, -0.2) is 22.0 Å². The van der Waals surface area contributed by atoms with E-state index in [0.29, 0.717) is 5.19 Å². The lowest BCUT2D eigenvalue weighted by Crippen LogP contribution is -2.55. The van der Waals surface area contributed by atoms with Crippen LogP contribution in [0.15, 0.2) is 24.3 Å². The summed E-state index contributed by atoms with van der Waals surface area (Å²) in [5.41, 5.74) is -1.24. The van der Waals surface area contributed by atoms with Gasteiger partial charge in [-0.1, -0.05) is 18.2 Å². The van der Waals surface area contributed by atoms with Crippen molar-refractivity contribution in [2.45, 2.75) is 6.92 Å². The van der Waals surface area contributed by atoms with E-state index < -0.39 is 43.5 Å². The molecule has 3 nitrogen and oxygen atoms in total. The van der Waals surface area contributed by atoms with Crippen LogP contribution in [0, 0.1) is 29.1 Å². The standard InChI is InChI=1S/C16H15F5O3Si/c1-4-24-25(22-2,23-3)10-7-5-6-9(8-10)11-12(17)14(19)16(21)15(20)13(11)18/h5-8H,4H2,1-3H3. The summed E-state index contributed by atoms with van der Waals surface area (Å²) in [4.78, 5) is 0. The maximum absolute atomic E-state index is 14.0. The largest absolute Gasteiger partial charge is 0.536 e. The zero-order valence-electron chi connectivity index (χ0n) is 13.6. The monoisotopic (exact) mass is 378 g/mol. The molecular formula is C16H15F5O3Si. The minimum absolute atomic E-state index is 0.212. The second-order valence-corrected chi connectivity index (χ2v) is 7.72. The lowest BCUT2D eigenvalue weighted by molar-refractivity contribution is 0.120. The topological polar surface area (TPSA) is 27.7 Å². The first-order chi connectivity index (χ1) is 11.8. The zero-order valence-corrected chi connectivity index (χ0v) is 14.6. The van der Waals surface area contributed by atoms with Gasteiger partial charge in [0.25, 0.3) is 0 Å². The number of benzene rings is 2. The second kappa shape index (κ2) is 7.61. The van der Waals surface area contributed by atoms with Crippen LogP contribution in [0.3, 0.4) is 0 Å². The molecule has 0 bridgehead atoms. The van der Waals surface area contributed by atoms with Gasteiger partial charge in [0.05, 0.1) is 5.56 Å². The molecular weight excluding hydrogens is 363 g/mol. The average molecular weight is 378 g/mol. The van der Waals surface area contributed by atoms with Crippen LogP contribution in [-0.2, 0) is 13.3 Å². The fourth-order valence-corrected chi connectivity index (χ4v) is 4.49. The summed E-state index contributed by atoms with van der Waals surface area (Å²) < 4.78 is 84.4. The summed E-state index contributed by atoms with van der Waals surface area (Å²) in [5, 5.41) is 0.320. The van der Waals surface area contributed by atoms with Gasteiger partial charge in [0, 0.05) is 26.0 Å². The first kappa shape index (κ1) is 19.5. The van der Waals surface area contributed by atoms with E-state index in [1.807, 2.05) is 0 Å². The van der Waals surface area contributed by atoms with Gasteiger partial charge < -0.3 is 13.3 Å². The zero-order chi connectivity index (χ0) is 18.8. The van der Waals surface area contributed by atoms with E-state index in [1.54, 1.807) is 6.92 Å². The summed E-state index contributed by atoms with van der Waals surface area (Å²) in [7, 11) is -0.676. The average Bonchev–Trinajstić information content (AvgIpc) is 2.63. The van der Waals surface area contributed by atoms with E-state index in [1.165, 1.54) is 38.5 Å².